The molecule has 2 N–H and O–H groups in total. The van der Waals surface area contributed by atoms with Gasteiger partial charge >= 0.3 is 0 Å². The molecule has 0 aromatic heterocycles. The number of carbonyl (C=O) groups is 1. The predicted octanol–water partition coefficient (Wildman–Crippen LogP) is 0.982. The SMILES string of the molecule is CC(=O)Nc1ccc(CNCCN2CCN(C)CC2)cc1. The molecule has 1 aromatic rings. The molecule has 1 fully saturated rings. The molecule has 1 saturated heterocycles. The maximum atomic E-state index is 10.9. The van der Waals surface area contributed by atoms with Gasteiger partial charge in [0.15, 0.2) is 0 Å². The molecular weight excluding hydrogens is 264 g/mol. The zero-order valence-electron chi connectivity index (χ0n) is 13.1. The first-order chi connectivity index (χ1) is 10.1. The summed E-state index contributed by atoms with van der Waals surface area (Å²) >= 11 is 0. The topological polar surface area (TPSA) is 47.6 Å². The Morgan fingerprint density at radius 1 is 1.14 bits per heavy atom. The summed E-state index contributed by atoms with van der Waals surface area (Å²) in [6.45, 7) is 9.19. The van der Waals surface area contributed by atoms with Crippen molar-refractivity contribution in [2.75, 3.05) is 51.6 Å². The Morgan fingerprint density at radius 3 is 2.43 bits per heavy atom. The van der Waals surface area contributed by atoms with Crippen molar-refractivity contribution in [3.63, 3.8) is 0 Å². The van der Waals surface area contributed by atoms with Gasteiger partial charge in [-0.1, -0.05) is 12.1 Å². The lowest BCUT2D eigenvalue weighted by atomic mass is 10.2. The van der Waals surface area contributed by atoms with Crippen LogP contribution in [0, 0.1) is 0 Å². The van der Waals surface area contributed by atoms with Crippen LogP contribution >= 0.6 is 0 Å². The first-order valence-corrected chi connectivity index (χ1v) is 7.61. The molecule has 1 heterocycles. The van der Waals surface area contributed by atoms with Crippen LogP contribution in [0.4, 0.5) is 5.69 Å². The van der Waals surface area contributed by atoms with Gasteiger partial charge in [-0.05, 0) is 24.7 Å². The van der Waals surface area contributed by atoms with E-state index in [0.717, 1.165) is 25.3 Å². The molecule has 1 aliphatic rings. The number of nitrogens with one attached hydrogen (secondary N) is 2. The average Bonchev–Trinajstić information content (AvgIpc) is 2.46. The molecule has 0 radical (unpaired) electrons. The molecule has 1 aliphatic heterocycles. The molecule has 1 amide bonds. The summed E-state index contributed by atoms with van der Waals surface area (Å²) in [5, 5.41) is 6.25. The lowest BCUT2D eigenvalue weighted by molar-refractivity contribution is -0.114. The van der Waals surface area contributed by atoms with Gasteiger partial charge in [-0.2, -0.15) is 0 Å². The van der Waals surface area contributed by atoms with E-state index in [9.17, 15) is 4.79 Å². The normalized spacial score (nSPS) is 16.9. The minimum atomic E-state index is -0.0342. The number of hydrogen-bond acceptors (Lipinski definition) is 4. The standard InChI is InChI=1S/C16H26N4O/c1-14(21)18-16-5-3-15(4-6-16)13-17-7-8-20-11-9-19(2)10-12-20/h3-6,17H,7-13H2,1-2H3,(H,18,21). The fraction of sp³-hybridized carbons (Fsp3) is 0.562. The van der Waals surface area contributed by atoms with Crippen molar-refractivity contribution >= 4 is 11.6 Å². The zero-order valence-corrected chi connectivity index (χ0v) is 13.1. The molecule has 5 heteroatoms. The third-order valence-corrected chi connectivity index (χ3v) is 3.80. The Labute approximate surface area is 127 Å². The third kappa shape index (κ3) is 5.83. The second kappa shape index (κ2) is 8.12. The van der Waals surface area contributed by atoms with Crippen LogP contribution in [0.3, 0.4) is 0 Å². The maximum Gasteiger partial charge on any atom is 0.221 e. The van der Waals surface area contributed by atoms with Gasteiger partial charge in [0.05, 0.1) is 0 Å². The number of piperazine rings is 1. The number of nitrogens with zero attached hydrogens (tertiary/aromatic N) is 2. The van der Waals surface area contributed by atoms with Crippen LogP contribution in [-0.2, 0) is 11.3 Å². The monoisotopic (exact) mass is 290 g/mol. The maximum absolute atomic E-state index is 10.9. The van der Waals surface area contributed by atoms with Crippen molar-refractivity contribution in [3.05, 3.63) is 29.8 Å². The minimum Gasteiger partial charge on any atom is -0.326 e. The Balaban J connectivity index is 1.63. The number of carbonyl (C=O) groups excluding carboxylic acids is 1. The number of benzene rings is 1. The van der Waals surface area contributed by atoms with Crippen LogP contribution < -0.4 is 10.6 Å². The van der Waals surface area contributed by atoms with Crippen LogP contribution in [0.25, 0.3) is 0 Å². The highest BCUT2D eigenvalue weighted by molar-refractivity contribution is 5.88. The number of amides is 1. The van der Waals surface area contributed by atoms with Crippen molar-refractivity contribution < 1.29 is 4.79 Å². The van der Waals surface area contributed by atoms with E-state index in [1.165, 1.54) is 38.7 Å². The molecular formula is C16H26N4O. The highest BCUT2D eigenvalue weighted by atomic mass is 16.1. The number of likely N-dealkylation sites (N-methyl/N-ethyl adjacent to an activating group) is 1. The molecule has 1 aromatic carbocycles. The Morgan fingerprint density at radius 2 is 1.81 bits per heavy atom. The lowest BCUT2D eigenvalue weighted by Crippen LogP contribution is -2.46. The van der Waals surface area contributed by atoms with Gasteiger partial charge in [-0.15, -0.1) is 0 Å². The fourth-order valence-electron chi connectivity index (χ4n) is 2.45. The summed E-state index contributed by atoms with van der Waals surface area (Å²) < 4.78 is 0. The summed E-state index contributed by atoms with van der Waals surface area (Å²) in [6.07, 6.45) is 0. The quantitative estimate of drug-likeness (QED) is 0.767. The van der Waals surface area contributed by atoms with E-state index in [1.54, 1.807) is 0 Å². The molecule has 5 nitrogen and oxygen atoms in total. The summed E-state index contributed by atoms with van der Waals surface area (Å²) in [4.78, 5) is 15.8. The summed E-state index contributed by atoms with van der Waals surface area (Å²) in [5.41, 5.74) is 2.09. The second-order valence-corrected chi connectivity index (χ2v) is 5.70. The van der Waals surface area contributed by atoms with E-state index >= 15 is 0 Å². The smallest absolute Gasteiger partial charge is 0.221 e. The average molecular weight is 290 g/mol. The Bertz CT molecular complexity index is 438. The molecule has 21 heavy (non-hydrogen) atoms. The Kier molecular flexibility index (Phi) is 6.17. The first kappa shape index (κ1) is 15.9. The first-order valence-electron chi connectivity index (χ1n) is 7.61. The lowest BCUT2D eigenvalue weighted by Gasteiger charge is -2.32. The Hall–Kier alpha value is -1.43. The van der Waals surface area contributed by atoms with Crippen molar-refractivity contribution in [2.24, 2.45) is 0 Å². The van der Waals surface area contributed by atoms with E-state index in [-0.39, 0.29) is 5.91 Å². The van der Waals surface area contributed by atoms with E-state index in [2.05, 4.69) is 27.5 Å². The molecule has 0 saturated carbocycles. The summed E-state index contributed by atoms with van der Waals surface area (Å²) in [7, 11) is 2.18. The molecule has 0 bridgehead atoms. The van der Waals surface area contributed by atoms with Gasteiger partial charge < -0.3 is 15.5 Å². The van der Waals surface area contributed by atoms with Gasteiger partial charge in [0.2, 0.25) is 5.91 Å². The molecule has 0 aliphatic carbocycles. The number of anilines is 1. The highest BCUT2D eigenvalue weighted by Gasteiger charge is 2.12. The van der Waals surface area contributed by atoms with Crippen LogP contribution in [0.15, 0.2) is 24.3 Å². The fourth-order valence-corrected chi connectivity index (χ4v) is 2.45. The minimum absolute atomic E-state index is 0.0342. The molecule has 0 unspecified atom stereocenters. The summed E-state index contributed by atoms with van der Waals surface area (Å²) in [6, 6.07) is 7.99. The summed E-state index contributed by atoms with van der Waals surface area (Å²) in [5.74, 6) is -0.0342. The van der Waals surface area contributed by atoms with Gasteiger partial charge in [-0.25, -0.2) is 0 Å². The van der Waals surface area contributed by atoms with E-state index in [4.69, 9.17) is 0 Å². The van der Waals surface area contributed by atoms with Crippen LogP contribution in [0.2, 0.25) is 0 Å². The van der Waals surface area contributed by atoms with Crippen molar-refractivity contribution in [2.45, 2.75) is 13.5 Å². The van der Waals surface area contributed by atoms with Crippen molar-refractivity contribution in [3.8, 4) is 0 Å². The van der Waals surface area contributed by atoms with Gasteiger partial charge in [0.25, 0.3) is 0 Å². The molecule has 116 valence electrons. The highest BCUT2D eigenvalue weighted by Crippen LogP contribution is 2.09. The van der Waals surface area contributed by atoms with E-state index in [1.807, 2.05) is 24.3 Å². The second-order valence-electron chi connectivity index (χ2n) is 5.70. The van der Waals surface area contributed by atoms with Crippen LogP contribution in [0.1, 0.15) is 12.5 Å². The molecule has 0 spiro atoms. The number of hydrogen-bond donors (Lipinski definition) is 2. The zero-order chi connectivity index (χ0) is 15.1. The van der Waals surface area contributed by atoms with Crippen LogP contribution in [0.5, 0.6) is 0 Å². The molecule has 2 rings (SSSR count). The van der Waals surface area contributed by atoms with E-state index < -0.39 is 0 Å². The molecule has 0 atom stereocenters. The predicted molar refractivity (Wildman–Crippen MR) is 86.4 cm³/mol. The van der Waals surface area contributed by atoms with Gasteiger partial charge in [0, 0.05) is 58.4 Å². The van der Waals surface area contributed by atoms with Crippen LogP contribution in [-0.4, -0.2) is 62.0 Å². The van der Waals surface area contributed by atoms with Gasteiger partial charge in [-0.3, -0.25) is 9.69 Å². The van der Waals surface area contributed by atoms with Crippen molar-refractivity contribution in [1.29, 1.82) is 0 Å². The third-order valence-electron chi connectivity index (χ3n) is 3.80. The van der Waals surface area contributed by atoms with Crippen molar-refractivity contribution in [1.82, 2.24) is 15.1 Å². The van der Waals surface area contributed by atoms with Gasteiger partial charge in [0.1, 0.15) is 0 Å². The largest absolute Gasteiger partial charge is 0.326 e. The number of rotatable bonds is 6. The van der Waals surface area contributed by atoms with E-state index in [0.29, 0.717) is 0 Å².